The molecule has 0 fully saturated rings. The van der Waals surface area contributed by atoms with Crippen LogP contribution in [-0.4, -0.2) is 19.9 Å². The Morgan fingerprint density at radius 3 is 2.44 bits per heavy atom. The molecule has 6 nitrogen and oxygen atoms in total. The Kier molecular flexibility index (Phi) is 5.88. The van der Waals surface area contributed by atoms with Gasteiger partial charge in [0.15, 0.2) is 11.5 Å². The standard InChI is InChI=1S/C24H22ClNO5S/c1-24(2)15-17-11-8-13-19(21(17)31-24)30-22(16-9-4-3-5-10-16)23(27)26-32(28,29)20-14-7-6-12-18(20)25/h3-14,22H,15H2,1-2H3,(H,26,27). The van der Waals surface area contributed by atoms with Gasteiger partial charge in [-0.25, -0.2) is 13.1 Å². The molecule has 0 saturated heterocycles. The summed E-state index contributed by atoms with van der Waals surface area (Å²) in [7, 11) is -4.21. The molecule has 3 aromatic carbocycles. The minimum absolute atomic E-state index is 0.0153. The third-order valence-corrected chi connectivity index (χ3v) is 6.85. The summed E-state index contributed by atoms with van der Waals surface area (Å²) >= 11 is 6.03. The number of hydrogen-bond donors (Lipinski definition) is 1. The first-order chi connectivity index (χ1) is 15.2. The van der Waals surface area contributed by atoms with E-state index in [9.17, 15) is 13.2 Å². The maximum atomic E-state index is 13.2. The molecule has 0 spiro atoms. The lowest BCUT2D eigenvalue weighted by atomic mass is 10.0. The third kappa shape index (κ3) is 4.59. The van der Waals surface area contributed by atoms with E-state index in [4.69, 9.17) is 21.1 Å². The van der Waals surface area contributed by atoms with E-state index in [1.807, 2.05) is 26.0 Å². The number of carbonyl (C=O) groups excluding carboxylic acids is 1. The summed E-state index contributed by atoms with van der Waals surface area (Å²) < 4.78 is 39.9. The number of para-hydroxylation sites is 1. The Balaban J connectivity index is 1.67. The molecule has 3 aromatic rings. The van der Waals surface area contributed by atoms with E-state index < -0.39 is 27.6 Å². The Morgan fingerprint density at radius 2 is 1.72 bits per heavy atom. The van der Waals surface area contributed by atoms with E-state index in [1.165, 1.54) is 18.2 Å². The van der Waals surface area contributed by atoms with Crippen molar-refractivity contribution in [2.75, 3.05) is 0 Å². The van der Waals surface area contributed by atoms with E-state index in [-0.39, 0.29) is 9.92 Å². The average Bonchev–Trinajstić information content (AvgIpc) is 3.07. The van der Waals surface area contributed by atoms with Gasteiger partial charge in [-0.3, -0.25) is 4.79 Å². The van der Waals surface area contributed by atoms with Gasteiger partial charge in [-0.1, -0.05) is 66.2 Å². The van der Waals surface area contributed by atoms with Crippen LogP contribution in [0.2, 0.25) is 5.02 Å². The molecule has 0 saturated carbocycles. The number of nitrogens with one attached hydrogen (secondary N) is 1. The van der Waals surface area contributed by atoms with Crippen LogP contribution in [0.15, 0.2) is 77.7 Å². The van der Waals surface area contributed by atoms with Gasteiger partial charge in [0.1, 0.15) is 10.5 Å². The van der Waals surface area contributed by atoms with E-state index >= 15 is 0 Å². The summed E-state index contributed by atoms with van der Waals surface area (Å²) in [5, 5.41) is 0.0153. The lowest BCUT2D eigenvalue weighted by molar-refractivity contribution is -0.126. The normalized spacial score (nSPS) is 15.3. The van der Waals surface area contributed by atoms with E-state index in [0.717, 1.165) is 5.56 Å². The van der Waals surface area contributed by atoms with Crippen molar-refractivity contribution in [2.45, 2.75) is 36.9 Å². The number of sulfonamides is 1. The Hall–Kier alpha value is -3.03. The average molecular weight is 472 g/mol. The molecule has 1 amide bonds. The molecular weight excluding hydrogens is 450 g/mol. The first-order valence-electron chi connectivity index (χ1n) is 10.00. The summed E-state index contributed by atoms with van der Waals surface area (Å²) in [5.74, 6) is 0.0818. The van der Waals surface area contributed by atoms with Crippen molar-refractivity contribution in [3.63, 3.8) is 0 Å². The summed E-state index contributed by atoms with van der Waals surface area (Å²) in [6.45, 7) is 3.93. The highest BCUT2D eigenvalue weighted by Crippen LogP contribution is 2.43. The maximum Gasteiger partial charge on any atom is 0.279 e. The Bertz CT molecular complexity index is 1260. The Labute approximate surface area is 192 Å². The second kappa shape index (κ2) is 8.48. The van der Waals surface area contributed by atoms with Crippen molar-refractivity contribution < 1.29 is 22.7 Å². The highest BCUT2D eigenvalue weighted by atomic mass is 35.5. The fourth-order valence-corrected chi connectivity index (χ4v) is 5.12. The van der Waals surface area contributed by atoms with E-state index in [0.29, 0.717) is 23.5 Å². The van der Waals surface area contributed by atoms with Crippen molar-refractivity contribution in [2.24, 2.45) is 0 Å². The van der Waals surface area contributed by atoms with Crippen molar-refractivity contribution in [1.82, 2.24) is 4.72 Å². The van der Waals surface area contributed by atoms with Crippen molar-refractivity contribution >= 4 is 27.5 Å². The van der Waals surface area contributed by atoms with Gasteiger partial charge in [0.25, 0.3) is 15.9 Å². The number of ether oxygens (including phenoxy) is 2. The van der Waals surface area contributed by atoms with Crippen LogP contribution >= 0.6 is 11.6 Å². The lowest BCUT2D eigenvalue weighted by Crippen LogP contribution is -2.37. The van der Waals surface area contributed by atoms with Gasteiger partial charge in [-0.05, 0) is 32.0 Å². The van der Waals surface area contributed by atoms with Gasteiger partial charge >= 0.3 is 0 Å². The summed E-state index contributed by atoms with van der Waals surface area (Å²) in [6.07, 6.45) is -0.532. The zero-order valence-electron chi connectivity index (χ0n) is 17.5. The molecule has 1 aliphatic rings. The largest absolute Gasteiger partial charge is 0.483 e. The summed E-state index contributed by atoms with van der Waals surface area (Å²) in [4.78, 5) is 13.0. The number of amides is 1. The maximum absolute atomic E-state index is 13.2. The fourth-order valence-electron chi connectivity index (χ4n) is 3.61. The van der Waals surface area contributed by atoms with Crippen LogP contribution in [-0.2, 0) is 21.2 Å². The lowest BCUT2D eigenvalue weighted by Gasteiger charge is -2.22. The van der Waals surface area contributed by atoms with Crippen molar-refractivity contribution in [3.8, 4) is 11.5 Å². The van der Waals surface area contributed by atoms with Crippen molar-refractivity contribution in [1.29, 1.82) is 0 Å². The molecular formula is C24H22ClNO5S. The molecule has 4 rings (SSSR count). The van der Waals surface area contributed by atoms with Crippen LogP contribution < -0.4 is 14.2 Å². The first-order valence-corrected chi connectivity index (χ1v) is 11.9. The SMILES string of the molecule is CC1(C)Cc2cccc(OC(C(=O)NS(=O)(=O)c3ccccc3Cl)c3ccccc3)c2O1. The highest BCUT2D eigenvalue weighted by Gasteiger charge is 2.35. The van der Waals surface area contributed by atoms with Gasteiger partial charge in [-0.2, -0.15) is 0 Å². The number of halogens is 1. The molecule has 166 valence electrons. The zero-order chi connectivity index (χ0) is 22.9. The van der Waals surface area contributed by atoms with Gasteiger partial charge in [0.2, 0.25) is 6.10 Å². The second-order valence-corrected chi connectivity index (χ2v) is 10.1. The number of rotatable bonds is 6. The van der Waals surface area contributed by atoms with Gasteiger partial charge in [0, 0.05) is 17.5 Å². The molecule has 1 aliphatic heterocycles. The second-order valence-electron chi connectivity index (χ2n) is 8.09. The zero-order valence-corrected chi connectivity index (χ0v) is 19.1. The summed E-state index contributed by atoms with van der Waals surface area (Å²) in [6, 6.07) is 20.0. The topological polar surface area (TPSA) is 81.7 Å². The van der Waals surface area contributed by atoms with Crippen molar-refractivity contribution in [3.05, 3.63) is 88.9 Å². The summed E-state index contributed by atoms with van der Waals surface area (Å²) in [5.41, 5.74) is 1.05. The Morgan fingerprint density at radius 1 is 1.03 bits per heavy atom. The van der Waals surface area contributed by atoms with Crippen LogP contribution in [0.1, 0.15) is 31.1 Å². The van der Waals surface area contributed by atoms with Gasteiger partial charge in [0.05, 0.1) is 5.02 Å². The molecule has 1 atom stereocenters. The quantitative estimate of drug-likeness (QED) is 0.564. The van der Waals surface area contributed by atoms with Crippen LogP contribution in [0.4, 0.5) is 0 Å². The predicted molar refractivity (Wildman–Crippen MR) is 121 cm³/mol. The van der Waals surface area contributed by atoms with Gasteiger partial charge in [-0.15, -0.1) is 0 Å². The van der Waals surface area contributed by atoms with E-state index in [1.54, 1.807) is 42.5 Å². The molecule has 0 aromatic heterocycles. The van der Waals surface area contributed by atoms with Crippen LogP contribution in [0.5, 0.6) is 11.5 Å². The van der Waals surface area contributed by atoms with Gasteiger partial charge < -0.3 is 9.47 Å². The van der Waals surface area contributed by atoms with Crippen LogP contribution in [0, 0.1) is 0 Å². The van der Waals surface area contributed by atoms with Crippen LogP contribution in [0.3, 0.4) is 0 Å². The molecule has 32 heavy (non-hydrogen) atoms. The highest BCUT2D eigenvalue weighted by molar-refractivity contribution is 7.90. The smallest absolute Gasteiger partial charge is 0.279 e. The molecule has 1 heterocycles. The first kappa shape index (κ1) is 22.2. The number of hydrogen-bond acceptors (Lipinski definition) is 5. The minimum Gasteiger partial charge on any atom is -0.483 e. The predicted octanol–water partition coefficient (Wildman–Crippen LogP) is 4.68. The molecule has 1 N–H and O–H groups in total. The molecule has 0 bridgehead atoms. The number of carbonyl (C=O) groups is 1. The molecule has 0 radical (unpaired) electrons. The van der Waals surface area contributed by atoms with Crippen LogP contribution in [0.25, 0.3) is 0 Å². The molecule has 8 heteroatoms. The molecule has 1 unspecified atom stereocenters. The monoisotopic (exact) mass is 471 g/mol. The number of fused-ring (bicyclic) bond motifs is 1. The molecule has 0 aliphatic carbocycles. The number of benzene rings is 3. The third-order valence-electron chi connectivity index (χ3n) is 5.00. The minimum atomic E-state index is -4.21. The van der Waals surface area contributed by atoms with E-state index in [2.05, 4.69) is 4.72 Å². The fraction of sp³-hybridized carbons (Fsp3) is 0.208.